The highest BCUT2D eigenvalue weighted by Crippen LogP contribution is 2.31. The lowest BCUT2D eigenvalue weighted by Gasteiger charge is -2.43. The summed E-state index contributed by atoms with van der Waals surface area (Å²) in [5, 5.41) is 4.51. The van der Waals surface area contributed by atoms with Crippen LogP contribution < -0.4 is 0 Å². The molecule has 1 aromatic heterocycles. The van der Waals surface area contributed by atoms with Crippen LogP contribution in [0.15, 0.2) is 42.7 Å². The third-order valence-electron chi connectivity index (χ3n) is 4.78. The largest absolute Gasteiger partial charge is 0.370 e. The van der Waals surface area contributed by atoms with Crippen molar-refractivity contribution < 1.29 is 4.74 Å². The number of rotatable bonds is 5. The Balaban J connectivity index is 1.72. The average molecular weight is 327 g/mol. The van der Waals surface area contributed by atoms with Gasteiger partial charge < -0.3 is 4.74 Å². The van der Waals surface area contributed by atoms with Crippen LogP contribution in [0.3, 0.4) is 0 Å². The van der Waals surface area contributed by atoms with E-state index in [1.807, 2.05) is 6.20 Å². The second-order valence-corrected chi connectivity index (χ2v) is 7.39. The standard InChI is InChI=1S/C20H29N3O/c1-15(2)11-22-12-18(10-21-22)13-23-16(3)14-24-20(17(23)4)19-8-6-5-7-9-19/h5-10,12,15-17,20H,11,13-14H2,1-4H3/t16-,17-,20-/m1/s1. The summed E-state index contributed by atoms with van der Waals surface area (Å²) in [5.41, 5.74) is 2.54. The number of morpholine rings is 1. The van der Waals surface area contributed by atoms with Crippen LogP contribution >= 0.6 is 0 Å². The van der Waals surface area contributed by atoms with Crippen molar-refractivity contribution in [2.45, 2.75) is 59.0 Å². The highest BCUT2D eigenvalue weighted by Gasteiger charge is 2.34. The number of aromatic nitrogens is 2. The summed E-state index contributed by atoms with van der Waals surface area (Å²) in [5.74, 6) is 0.612. The minimum Gasteiger partial charge on any atom is -0.370 e. The Hall–Kier alpha value is -1.65. The molecule has 4 nitrogen and oxygen atoms in total. The van der Waals surface area contributed by atoms with Gasteiger partial charge in [0.05, 0.1) is 18.9 Å². The molecular formula is C20H29N3O. The molecular weight excluding hydrogens is 298 g/mol. The monoisotopic (exact) mass is 327 g/mol. The third kappa shape index (κ3) is 3.87. The summed E-state index contributed by atoms with van der Waals surface area (Å²) in [6.45, 7) is 11.6. The first-order valence-electron chi connectivity index (χ1n) is 8.98. The molecule has 1 saturated heterocycles. The van der Waals surface area contributed by atoms with E-state index in [9.17, 15) is 0 Å². The van der Waals surface area contributed by atoms with E-state index < -0.39 is 0 Å². The quantitative estimate of drug-likeness (QED) is 0.834. The highest BCUT2D eigenvalue weighted by molar-refractivity contribution is 5.20. The number of hydrogen-bond acceptors (Lipinski definition) is 3. The second-order valence-electron chi connectivity index (χ2n) is 7.39. The van der Waals surface area contributed by atoms with Crippen molar-refractivity contribution >= 4 is 0 Å². The van der Waals surface area contributed by atoms with E-state index in [1.165, 1.54) is 11.1 Å². The molecule has 3 rings (SSSR count). The van der Waals surface area contributed by atoms with Gasteiger partial charge in [0.2, 0.25) is 0 Å². The SMILES string of the molecule is CC(C)Cn1cc(CN2[C@H](C)CO[C@@H](c3ccccc3)[C@H]2C)cn1. The van der Waals surface area contributed by atoms with Gasteiger partial charge in [0.25, 0.3) is 0 Å². The zero-order valence-electron chi connectivity index (χ0n) is 15.2. The van der Waals surface area contributed by atoms with Crippen LogP contribution in [-0.4, -0.2) is 33.4 Å². The van der Waals surface area contributed by atoms with Crippen LogP contribution in [-0.2, 0) is 17.8 Å². The Bertz CT molecular complexity index is 637. The van der Waals surface area contributed by atoms with Crippen LogP contribution in [0.2, 0.25) is 0 Å². The Morgan fingerprint density at radius 2 is 1.96 bits per heavy atom. The molecule has 1 aliphatic heterocycles. The van der Waals surface area contributed by atoms with Gasteiger partial charge in [-0.15, -0.1) is 0 Å². The summed E-state index contributed by atoms with van der Waals surface area (Å²) in [6.07, 6.45) is 4.33. The molecule has 1 aliphatic rings. The molecule has 3 atom stereocenters. The van der Waals surface area contributed by atoms with E-state index in [-0.39, 0.29) is 6.10 Å². The topological polar surface area (TPSA) is 30.3 Å². The molecule has 1 fully saturated rings. The fourth-order valence-electron chi connectivity index (χ4n) is 3.54. The number of ether oxygens (including phenoxy) is 1. The van der Waals surface area contributed by atoms with Crippen molar-refractivity contribution in [3.63, 3.8) is 0 Å². The minimum absolute atomic E-state index is 0.133. The predicted octanol–water partition coefficient (Wildman–Crippen LogP) is 3.89. The van der Waals surface area contributed by atoms with Gasteiger partial charge in [-0.1, -0.05) is 44.2 Å². The Morgan fingerprint density at radius 1 is 1.21 bits per heavy atom. The van der Waals surface area contributed by atoms with Crippen molar-refractivity contribution in [1.29, 1.82) is 0 Å². The van der Waals surface area contributed by atoms with E-state index in [2.05, 4.69) is 78.9 Å². The van der Waals surface area contributed by atoms with Crippen LogP contribution in [0.25, 0.3) is 0 Å². The molecule has 0 spiro atoms. The zero-order chi connectivity index (χ0) is 17.1. The molecule has 4 heteroatoms. The maximum absolute atomic E-state index is 6.15. The molecule has 0 radical (unpaired) electrons. The van der Waals surface area contributed by atoms with Gasteiger partial charge in [0, 0.05) is 36.9 Å². The number of nitrogens with zero attached hydrogens (tertiary/aromatic N) is 3. The predicted molar refractivity (Wildman–Crippen MR) is 96.7 cm³/mol. The fourth-order valence-corrected chi connectivity index (χ4v) is 3.54. The average Bonchev–Trinajstić information content (AvgIpc) is 2.98. The highest BCUT2D eigenvalue weighted by atomic mass is 16.5. The zero-order valence-corrected chi connectivity index (χ0v) is 15.2. The van der Waals surface area contributed by atoms with Gasteiger partial charge in [0.1, 0.15) is 0 Å². The Kier molecular flexibility index (Phi) is 5.36. The third-order valence-corrected chi connectivity index (χ3v) is 4.78. The van der Waals surface area contributed by atoms with Gasteiger partial charge in [-0.2, -0.15) is 5.10 Å². The minimum atomic E-state index is 0.133. The smallest absolute Gasteiger partial charge is 0.0978 e. The van der Waals surface area contributed by atoms with Gasteiger partial charge in [0.15, 0.2) is 0 Å². The lowest BCUT2D eigenvalue weighted by Crippen LogP contribution is -2.50. The Labute approximate surface area is 145 Å². The van der Waals surface area contributed by atoms with Crippen molar-refractivity contribution in [2.75, 3.05) is 6.61 Å². The lowest BCUT2D eigenvalue weighted by atomic mass is 9.98. The van der Waals surface area contributed by atoms with Gasteiger partial charge in [-0.05, 0) is 25.3 Å². The van der Waals surface area contributed by atoms with Gasteiger partial charge >= 0.3 is 0 Å². The molecule has 0 aliphatic carbocycles. The molecule has 0 unspecified atom stereocenters. The lowest BCUT2D eigenvalue weighted by molar-refractivity contribution is -0.0993. The number of hydrogen-bond donors (Lipinski definition) is 0. The maximum Gasteiger partial charge on any atom is 0.0978 e. The van der Waals surface area contributed by atoms with Crippen LogP contribution in [0.1, 0.15) is 44.9 Å². The first-order chi connectivity index (χ1) is 11.5. The first-order valence-corrected chi connectivity index (χ1v) is 8.98. The summed E-state index contributed by atoms with van der Waals surface area (Å²) < 4.78 is 8.21. The van der Waals surface area contributed by atoms with Crippen molar-refractivity contribution in [1.82, 2.24) is 14.7 Å². The van der Waals surface area contributed by atoms with Crippen molar-refractivity contribution in [3.05, 3.63) is 53.9 Å². The molecule has 24 heavy (non-hydrogen) atoms. The molecule has 0 bridgehead atoms. The molecule has 2 heterocycles. The van der Waals surface area contributed by atoms with E-state index in [1.54, 1.807) is 0 Å². The molecule has 0 saturated carbocycles. The molecule has 1 aromatic carbocycles. The van der Waals surface area contributed by atoms with Gasteiger partial charge in [-0.25, -0.2) is 0 Å². The van der Waals surface area contributed by atoms with Crippen molar-refractivity contribution in [3.8, 4) is 0 Å². The summed E-state index contributed by atoms with van der Waals surface area (Å²) in [4.78, 5) is 2.54. The van der Waals surface area contributed by atoms with Crippen LogP contribution in [0.5, 0.6) is 0 Å². The van der Waals surface area contributed by atoms with E-state index in [0.717, 1.165) is 19.7 Å². The van der Waals surface area contributed by atoms with Gasteiger partial charge in [-0.3, -0.25) is 9.58 Å². The van der Waals surface area contributed by atoms with E-state index >= 15 is 0 Å². The van der Waals surface area contributed by atoms with E-state index in [0.29, 0.717) is 18.0 Å². The summed E-state index contributed by atoms with van der Waals surface area (Å²) in [7, 11) is 0. The fraction of sp³-hybridized carbons (Fsp3) is 0.550. The molecule has 0 N–H and O–H groups in total. The molecule has 130 valence electrons. The van der Waals surface area contributed by atoms with Crippen LogP contribution in [0, 0.1) is 5.92 Å². The maximum atomic E-state index is 6.15. The number of benzene rings is 1. The van der Waals surface area contributed by atoms with Crippen molar-refractivity contribution in [2.24, 2.45) is 5.92 Å². The van der Waals surface area contributed by atoms with Crippen LogP contribution in [0.4, 0.5) is 0 Å². The second kappa shape index (κ2) is 7.49. The summed E-state index contributed by atoms with van der Waals surface area (Å²) >= 11 is 0. The normalized spacial score (nSPS) is 25.3. The summed E-state index contributed by atoms with van der Waals surface area (Å²) in [6, 6.07) is 11.3. The first kappa shape index (κ1) is 17.2. The van der Waals surface area contributed by atoms with E-state index in [4.69, 9.17) is 4.74 Å². The molecule has 2 aromatic rings. The Morgan fingerprint density at radius 3 is 2.67 bits per heavy atom. The molecule has 0 amide bonds.